The lowest BCUT2D eigenvalue weighted by atomic mass is 9.90. The van der Waals surface area contributed by atoms with Gasteiger partial charge in [0.1, 0.15) is 6.04 Å². The van der Waals surface area contributed by atoms with E-state index in [2.05, 4.69) is 5.32 Å². The third-order valence-electron chi connectivity index (χ3n) is 3.67. The Labute approximate surface area is 125 Å². The van der Waals surface area contributed by atoms with E-state index in [4.69, 9.17) is 4.74 Å². The predicted octanol–water partition coefficient (Wildman–Crippen LogP) is 1.28. The van der Waals surface area contributed by atoms with Gasteiger partial charge < -0.3 is 15.0 Å². The molecule has 0 aliphatic carbocycles. The van der Waals surface area contributed by atoms with Crippen LogP contribution < -0.4 is 5.32 Å². The maximum Gasteiger partial charge on any atom is 0.247 e. The van der Waals surface area contributed by atoms with Gasteiger partial charge in [0, 0.05) is 19.7 Å². The molecule has 2 rings (SSSR count). The number of rotatable bonds is 5. The van der Waals surface area contributed by atoms with Crippen molar-refractivity contribution in [3.8, 4) is 0 Å². The number of methoxy groups -OCH3 is 1. The summed E-state index contributed by atoms with van der Waals surface area (Å²) >= 11 is 0. The Morgan fingerprint density at radius 3 is 2.81 bits per heavy atom. The van der Waals surface area contributed by atoms with Gasteiger partial charge in [0.05, 0.1) is 13.0 Å². The van der Waals surface area contributed by atoms with Crippen LogP contribution >= 0.6 is 0 Å². The Balaban J connectivity index is 2.32. The van der Waals surface area contributed by atoms with E-state index in [1.165, 1.54) is 0 Å². The molecule has 0 spiro atoms. The summed E-state index contributed by atoms with van der Waals surface area (Å²) in [5, 5.41) is 2.84. The van der Waals surface area contributed by atoms with Gasteiger partial charge in [-0.2, -0.15) is 0 Å². The lowest BCUT2D eigenvalue weighted by Crippen LogP contribution is -2.50. The van der Waals surface area contributed by atoms with Gasteiger partial charge >= 0.3 is 0 Å². The van der Waals surface area contributed by atoms with E-state index < -0.39 is 6.04 Å². The van der Waals surface area contributed by atoms with Crippen LogP contribution in [0, 0.1) is 0 Å². The van der Waals surface area contributed by atoms with E-state index in [0.29, 0.717) is 19.6 Å². The van der Waals surface area contributed by atoms with Gasteiger partial charge in [-0.1, -0.05) is 24.3 Å². The van der Waals surface area contributed by atoms with Crippen molar-refractivity contribution < 1.29 is 14.3 Å². The zero-order chi connectivity index (χ0) is 15.4. The molecule has 1 aliphatic rings. The Kier molecular flexibility index (Phi) is 4.96. The van der Waals surface area contributed by atoms with Crippen molar-refractivity contribution in [3.05, 3.63) is 35.4 Å². The van der Waals surface area contributed by atoms with E-state index in [1.54, 1.807) is 12.0 Å². The van der Waals surface area contributed by atoms with Crippen molar-refractivity contribution in [2.45, 2.75) is 32.4 Å². The summed E-state index contributed by atoms with van der Waals surface area (Å²) in [6.45, 7) is 4.76. The monoisotopic (exact) mass is 290 g/mol. The molecule has 5 nitrogen and oxygen atoms in total. The minimum atomic E-state index is -0.556. The minimum absolute atomic E-state index is 0.00408. The van der Waals surface area contributed by atoms with Gasteiger partial charge in [-0.05, 0) is 25.0 Å². The van der Waals surface area contributed by atoms with Crippen LogP contribution in [0.5, 0.6) is 0 Å². The lowest BCUT2D eigenvalue weighted by molar-refractivity contribution is -0.143. The number of amides is 2. The third kappa shape index (κ3) is 3.24. The van der Waals surface area contributed by atoms with Crippen LogP contribution in [0.3, 0.4) is 0 Å². The summed E-state index contributed by atoms with van der Waals surface area (Å²) in [5.74, 6) is -0.156. The number of nitrogens with one attached hydrogen (secondary N) is 1. The molecule has 0 saturated heterocycles. The first-order valence-corrected chi connectivity index (χ1v) is 7.22. The predicted molar refractivity (Wildman–Crippen MR) is 79.8 cm³/mol. The molecule has 0 aromatic heterocycles. The van der Waals surface area contributed by atoms with Crippen molar-refractivity contribution in [1.29, 1.82) is 0 Å². The van der Waals surface area contributed by atoms with Crippen LogP contribution in [0.25, 0.3) is 0 Å². The van der Waals surface area contributed by atoms with Crippen LogP contribution in [0.2, 0.25) is 0 Å². The number of ether oxygens (including phenoxy) is 1. The van der Waals surface area contributed by atoms with Crippen LogP contribution in [0.4, 0.5) is 0 Å². The molecule has 0 unspecified atom stereocenters. The van der Waals surface area contributed by atoms with E-state index in [1.807, 2.05) is 38.1 Å². The molecular weight excluding hydrogens is 268 g/mol. The summed E-state index contributed by atoms with van der Waals surface area (Å²) in [4.78, 5) is 26.6. The van der Waals surface area contributed by atoms with E-state index in [9.17, 15) is 9.59 Å². The Hall–Kier alpha value is -1.88. The third-order valence-corrected chi connectivity index (χ3v) is 3.67. The maximum atomic E-state index is 12.5. The molecule has 0 saturated carbocycles. The standard InChI is InChI=1S/C16H22N2O3/c1-11(2)18-14(19)10-12-6-4-5-7-13(12)15(18)16(20)17-8-9-21-3/h4-7,11,15H,8-10H2,1-3H3,(H,17,20)/t15-/m0/s1. The average molecular weight is 290 g/mol. The van der Waals surface area contributed by atoms with Crippen molar-refractivity contribution in [3.63, 3.8) is 0 Å². The molecule has 1 atom stereocenters. The number of carbonyl (C=O) groups excluding carboxylic acids is 2. The molecular formula is C16H22N2O3. The van der Waals surface area contributed by atoms with Gasteiger partial charge in [-0.3, -0.25) is 9.59 Å². The van der Waals surface area contributed by atoms with Crippen molar-refractivity contribution in [2.24, 2.45) is 0 Å². The largest absolute Gasteiger partial charge is 0.383 e. The number of benzene rings is 1. The van der Waals surface area contributed by atoms with Crippen molar-refractivity contribution in [2.75, 3.05) is 20.3 Å². The highest BCUT2D eigenvalue weighted by molar-refractivity contribution is 5.92. The fraction of sp³-hybridized carbons (Fsp3) is 0.500. The molecule has 21 heavy (non-hydrogen) atoms. The topological polar surface area (TPSA) is 58.6 Å². The molecule has 1 aliphatic heterocycles. The lowest BCUT2D eigenvalue weighted by Gasteiger charge is -2.38. The second-order valence-corrected chi connectivity index (χ2v) is 5.46. The first-order valence-electron chi connectivity index (χ1n) is 7.22. The van der Waals surface area contributed by atoms with Crippen LogP contribution in [0.1, 0.15) is 31.0 Å². The summed E-state index contributed by atoms with van der Waals surface area (Å²) in [6.07, 6.45) is 0.357. The van der Waals surface area contributed by atoms with Gasteiger partial charge in [0.2, 0.25) is 11.8 Å². The number of carbonyl (C=O) groups is 2. The average Bonchev–Trinajstić information content (AvgIpc) is 2.45. The van der Waals surface area contributed by atoms with Crippen molar-refractivity contribution in [1.82, 2.24) is 10.2 Å². The smallest absolute Gasteiger partial charge is 0.247 e. The maximum absolute atomic E-state index is 12.5. The second kappa shape index (κ2) is 6.72. The van der Waals surface area contributed by atoms with Gasteiger partial charge in [0.15, 0.2) is 0 Å². The van der Waals surface area contributed by atoms with Gasteiger partial charge in [0.25, 0.3) is 0 Å². The zero-order valence-electron chi connectivity index (χ0n) is 12.8. The summed E-state index contributed by atoms with van der Waals surface area (Å²) in [6, 6.07) is 7.07. The molecule has 1 heterocycles. The minimum Gasteiger partial charge on any atom is -0.383 e. The van der Waals surface area contributed by atoms with E-state index >= 15 is 0 Å². The first kappa shape index (κ1) is 15.5. The molecule has 0 fully saturated rings. The summed E-state index contributed by atoms with van der Waals surface area (Å²) < 4.78 is 4.95. The highest BCUT2D eigenvalue weighted by Gasteiger charge is 2.38. The molecule has 114 valence electrons. The normalized spacial score (nSPS) is 17.8. The SMILES string of the molecule is COCCNC(=O)[C@@H]1c2ccccc2CC(=O)N1C(C)C. The van der Waals surface area contributed by atoms with E-state index in [-0.39, 0.29) is 17.9 Å². The van der Waals surface area contributed by atoms with Gasteiger partial charge in [-0.25, -0.2) is 0 Å². The Morgan fingerprint density at radius 1 is 1.43 bits per heavy atom. The molecule has 1 N–H and O–H groups in total. The molecule has 0 radical (unpaired) electrons. The molecule has 1 aromatic carbocycles. The zero-order valence-corrected chi connectivity index (χ0v) is 12.8. The van der Waals surface area contributed by atoms with Crippen molar-refractivity contribution >= 4 is 11.8 Å². The van der Waals surface area contributed by atoms with Crippen LogP contribution in [0.15, 0.2) is 24.3 Å². The summed E-state index contributed by atoms with van der Waals surface area (Å²) in [7, 11) is 1.59. The molecule has 1 aromatic rings. The number of nitrogens with zero attached hydrogens (tertiary/aromatic N) is 1. The quantitative estimate of drug-likeness (QED) is 0.831. The number of fused-ring (bicyclic) bond motifs is 1. The van der Waals surface area contributed by atoms with Crippen LogP contribution in [-0.2, 0) is 20.7 Å². The highest BCUT2D eigenvalue weighted by atomic mass is 16.5. The fourth-order valence-electron chi connectivity index (χ4n) is 2.74. The highest BCUT2D eigenvalue weighted by Crippen LogP contribution is 2.32. The summed E-state index contributed by atoms with van der Waals surface area (Å²) in [5.41, 5.74) is 1.85. The second-order valence-electron chi connectivity index (χ2n) is 5.46. The first-order chi connectivity index (χ1) is 10.1. The molecule has 2 amide bonds. The van der Waals surface area contributed by atoms with E-state index in [0.717, 1.165) is 11.1 Å². The Morgan fingerprint density at radius 2 is 2.14 bits per heavy atom. The fourth-order valence-corrected chi connectivity index (χ4v) is 2.74. The van der Waals surface area contributed by atoms with Crippen LogP contribution in [-0.4, -0.2) is 43.0 Å². The van der Waals surface area contributed by atoms with Gasteiger partial charge in [-0.15, -0.1) is 0 Å². The Bertz CT molecular complexity index is 528. The molecule has 0 bridgehead atoms. The number of hydrogen-bond acceptors (Lipinski definition) is 3. The number of hydrogen-bond donors (Lipinski definition) is 1. The molecule has 5 heteroatoms.